The van der Waals surface area contributed by atoms with E-state index in [9.17, 15) is 18.4 Å². The van der Waals surface area contributed by atoms with Crippen LogP contribution < -0.4 is 20.9 Å². The van der Waals surface area contributed by atoms with Crippen LogP contribution in [0, 0.1) is 5.92 Å². The fourth-order valence-electron chi connectivity index (χ4n) is 4.10. The van der Waals surface area contributed by atoms with E-state index in [-0.39, 0.29) is 57.7 Å². The number of aromatic nitrogens is 6. The molecule has 36 heavy (non-hydrogen) atoms. The molecule has 1 fully saturated rings. The van der Waals surface area contributed by atoms with Gasteiger partial charge >= 0.3 is 0 Å². The maximum Gasteiger partial charge on any atom is 0.273 e. The molecule has 2 aliphatic rings. The molecule has 1 aliphatic carbocycles. The lowest BCUT2D eigenvalue weighted by Gasteiger charge is -2.34. The van der Waals surface area contributed by atoms with E-state index >= 15 is 0 Å². The predicted octanol–water partition coefficient (Wildman–Crippen LogP) is 2.57. The fraction of sp³-hybridized carbons (Fsp3) is 0.409. The molecule has 0 unspecified atom stereocenters. The highest BCUT2D eigenvalue weighted by Crippen LogP contribution is 2.49. The van der Waals surface area contributed by atoms with Gasteiger partial charge < -0.3 is 20.9 Å². The van der Waals surface area contributed by atoms with Crippen molar-refractivity contribution in [1.82, 2.24) is 35.5 Å². The molecule has 1 saturated carbocycles. The van der Waals surface area contributed by atoms with Gasteiger partial charge in [-0.15, -0.1) is 10.2 Å². The number of nitrogens with zero attached hydrogens (tertiary/aromatic N) is 7. The van der Waals surface area contributed by atoms with E-state index in [4.69, 9.17) is 4.11 Å². The van der Waals surface area contributed by atoms with E-state index < -0.39 is 25.0 Å². The summed E-state index contributed by atoms with van der Waals surface area (Å²) < 4.78 is 50.3. The zero-order valence-corrected chi connectivity index (χ0v) is 19.5. The molecule has 0 bridgehead atoms. The number of hydrogen-bond donors (Lipinski definition) is 3. The van der Waals surface area contributed by atoms with Gasteiger partial charge in [-0.3, -0.25) is 9.59 Å². The van der Waals surface area contributed by atoms with Crippen LogP contribution in [0.5, 0.6) is 0 Å². The van der Waals surface area contributed by atoms with Crippen LogP contribution in [0.3, 0.4) is 0 Å². The average molecular weight is 502 g/mol. The Hall–Kier alpha value is -4.23. The lowest BCUT2D eigenvalue weighted by molar-refractivity contribution is -0.117. The second kappa shape index (κ2) is 8.77. The van der Waals surface area contributed by atoms with Gasteiger partial charge in [0.25, 0.3) is 12.3 Å². The van der Waals surface area contributed by atoms with Crippen LogP contribution in [0.4, 0.5) is 31.8 Å². The SMILES string of the molecule is [2H]C([2H])([2H])NC(=O)c1nnc(NC(=O)C2CC2)cc1Nc1ncc(C(F)F)c2c1N(C)[C@H](C)c1nn(C)nc1-2. The Bertz CT molecular complexity index is 1470. The van der Waals surface area contributed by atoms with Crippen molar-refractivity contribution in [3.05, 3.63) is 29.2 Å². The Balaban J connectivity index is 1.63. The van der Waals surface area contributed by atoms with Gasteiger partial charge in [0.2, 0.25) is 5.91 Å². The molecule has 2 amide bonds. The number of halogens is 2. The molecule has 188 valence electrons. The number of carbonyl (C=O) groups excluding carboxylic acids is 2. The number of pyridine rings is 1. The highest BCUT2D eigenvalue weighted by Gasteiger charge is 2.36. The molecule has 12 nitrogen and oxygen atoms in total. The first-order valence-electron chi connectivity index (χ1n) is 12.6. The van der Waals surface area contributed by atoms with E-state index in [1.807, 2.05) is 12.2 Å². The van der Waals surface area contributed by atoms with Crippen LogP contribution in [0.25, 0.3) is 11.3 Å². The van der Waals surface area contributed by atoms with Gasteiger partial charge in [-0.2, -0.15) is 15.0 Å². The first kappa shape index (κ1) is 20.0. The standard InChI is InChI=1S/C22H24F2N10O2/c1-9-15-17(32-34(4)31-15)14-11(19(23)24)8-26-20(18(14)33(9)3)27-12-7-13(28-21(35)10-5-6-10)29-30-16(12)22(36)25-2/h7-10,19H,5-6H2,1-4H3,(H,25,36)(H2,26,27,28,29,35)/t9-/m1/s1/i2D3. The van der Waals surface area contributed by atoms with Crippen molar-refractivity contribution in [2.75, 3.05) is 29.6 Å². The number of amides is 2. The van der Waals surface area contributed by atoms with Gasteiger partial charge in [0.15, 0.2) is 17.3 Å². The molecule has 5 rings (SSSR count). The van der Waals surface area contributed by atoms with Gasteiger partial charge in [0, 0.05) is 54.5 Å². The minimum Gasteiger partial charge on any atom is -0.363 e. The van der Waals surface area contributed by atoms with Gasteiger partial charge in [0.05, 0.1) is 17.4 Å². The van der Waals surface area contributed by atoms with Gasteiger partial charge in [-0.1, -0.05) is 0 Å². The Morgan fingerprint density at radius 2 is 2.00 bits per heavy atom. The monoisotopic (exact) mass is 501 g/mol. The highest BCUT2D eigenvalue weighted by molar-refractivity contribution is 6.01. The van der Waals surface area contributed by atoms with E-state index in [0.717, 1.165) is 19.0 Å². The largest absolute Gasteiger partial charge is 0.363 e. The number of nitrogens with one attached hydrogen (secondary N) is 3. The molecule has 0 aromatic carbocycles. The summed E-state index contributed by atoms with van der Waals surface area (Å²) in [6.07, 6.45) is -0.388. The smallest absolute Gasteiger partial charge is 0.273 e. The maximum absolute atomic E-state index is 14.1. The summed E-state index contributed by atoms with van der Waals surface area (Å²) in [4.78, 5) is 32.3. The topological polar surface area (TPSA) is 143 Å². The van der Waals surface area contributed by atoms with E-state index in [1.165, 1.54) is 10.9 Å². The first-order chi connectivity index (χ1) is 18.3. The van der Waals surface area contributed by atoms with Crippen molar-refractivity contribution in [3.8, 4) is 11.3 Å². The Morgan fingerprint density at radius 1 is 1.22 bits per heavy atom. The van der Waals surface area contributed by atoms with Crippen LogP contribution >= 0.6 is 0 Å². The molecule has 3 aromatic rings. The van der Waals surface area contributed by atoms with Crippen LogP contribution in [0.1, 0.15) is 58.1 Å². The summed E-state index contributed by atoms with van der Waals surface area (Å²) in [5.74, 6) is -1.41. The van der Waals surface area contributed by atoms with E-state index in [1.54, 1.807) is 19.0 Å². The average Bonchev–Trinajstić information content (AvgIpc) is 3.62. The van der Waals surface area contributed by atoms with Crippen LogP contribution in [0.2, 0.25) is 0 Å². The number of aryl methyl sites for hydroxylation is 1. The van der Waals surface area contributed by atoms with Crippen LogP contribution in [0.15, 0.2) is 12.3 Å². The molecule has 14 heteroatoms. The molecule has 0 spiro atoms. The third-order valence-corrected chi connectivity index (χ3v) is 6.20. The number of carbonyl (C=O) groups is 2. The quantitative estimate of drug-likeness (QED) is 0.464. The Labute approximate surface area is 208 Å². The highest BCUT2D eigenvalue weighted by atomic mass is 19.3. The van der Waals surface area contributed by atoms with Gasteiger partial charge in [0.1, 0.15) is 11.4 Å². The molecule has 1 atom stereocenters. The maximum atomic E-state index is 14.1. The molecular formula is C22H24F2N10O2. The van der Waals surface area contributed by atoms with Gasteiger partial charge in [-0.25, -0.2) is 13.8 Å². The number of alkyl halides is 2. The third kappa shape index (κ3) is 3.97. The zero-order valence-electron chi connectivity index (χ0n) is 22.5. The lowest BCUT2D eigenvalue weighted by atomic mass is 9.95. The molecule has 3 N–H and O–H groups in total. The zero-order chi connectivity index (χ0) is 28.2. The summed E-state index contributed by atoms with van der Waals surface area (Å²) in [5, 5.41) is 23.7. The minimum atomic E-state index is -2.87. The van der Waals surface area contributed by atoms with Crippen LogP contribution in [-0.4, -0.2) is 56.0 Å². The second-order valence-corrected chi connectivity index (χ2v) is 8.63. The minimum absolute atomic E-state index is 0.0100. The molecule has 1 aliphatic heterocycles. The second-order valence-electron chi connectivity index (χ2n) is 8.63. The predicted molar refractivity (Wildman–Crippen MR) is 126 cm³/mol. The molecule has 4 heterocycles. The van der Waals surface area contributed by atoms with Crippen molar-refractivity contribution >= 4 is 34.8 Å². The van der Waals surface area contributed by atoms with E-state index in [2.05, 4.69) is 36.0 Å². The molecule has 0 saturated heterocycles. The van der Waals surface area contributed by atoms with Crippen LogP contribution in [-0.2, 0) is 11.8 Å². The Kier molecular flexibility index (Phi) is 4.87. The normalized spacial score (nSPS) is 18.0. The van der Waals surface area contributed by atoms with Gasteiger partial charge in [-0.05, 0) is 19.8 Å². The number of anilines is 4. The number of rotatable bonds is 6. The summed E-state index contributed by atoms with van der Waals surface area (Å²) in [5.41, 5.74) is 0.324. The van der Waals surface area contributed by atoms with Crippen molar-refractivity contribution in [2.45, 2.75) is 32.2 Å². The van der Waals surface area contributed by atoms with Crippen molar-refractivity contribution in [1.29, 1.82) is 0 Å². The third-order valence-electron chi connectivity index (χ3n) is 6.20. The summed E-state index contributed by atoms with van der Waals surface area (Å²) >= 11 is 0. The number of fused-ring (bicyclic) bond motifs is 3. The summed E-state index contributed by atoms with van der Waals surface area (Å²) in [6.45, 7) is -0.993. The van der Waals surface area contributed by atoms with Crippen molar-refractivity contribution in [2.24, 2.45) is 13.0 Å². The summed E-state index contributed by atoms with van der Waals surface area (Å²) in [6, 6.07) is 0.926. The lowest BCUT2D eigenvalue weighted by Crippen LogP contribution is -2.28. The first-order valence-corrected chi connectivity index (χ1v) is 11.1. The van der Waals surface area contributed by atoms with E-state index in [0.29, 0.717) is 5.69 Å². The fourth-order valence-corrected chi connectivity index (χ4v) is 4.10. The Morgan fingerprint density at radius 3 is 2.69 bits per heavy atom. The molecule has 0 radical (unpaired) electrons. The number of hydrogen-bond acceptors (Lipinski definition) is 9. The molecule has 3 aromatic heterocycles. The molecular weight excluding hydrogens is 474 g/mol. The van der Waals surface area contributed by atoms with Crippen molar-refractivity contribution < 1.29 is 22.5 Å². The van der Waals surface area contributed by atoms with Crippen molar-refractivity contribution in [3.63, 3.8) is 0 Å². The summed E-state index contributed by atoms with van der Waals surface area (Å²) in [7, 11) is 3.26.